The zero-order valence-electron chi connectivity index (χ0n) is 73.5. The smallest absolute Gasteiger partial charge is 0.381 e. The van der Waals surface area contributed by atoms with Crippen molar-refractivity contribution < 1.29 is 111 Å². The maximum Gasteiger partial charge on any atom is 0.453 e. The van der Waals surface area contributed by atoms with Crippen LogP contribution in [0.2, 0.25) is 15.7 Å². The van der Waals surface area contributed by atoms with Crippen molar-refractivity contribution in [3.8, 4) is 0 Å². The summed E-state index contributed by atoms with van der Waals surface area (Å²) < 4.78 is 153. The number of Topliss-reactive ketones (excluding diaryl/α,β-unsaturated/α-hetero) is 11. The first-order valence-electron chi connectivity index (χ1n) is 37.6. The fraction of sp³-hybridized carbons (Fsp3) is 0.405. The maximum atomic E-state index is 12.2. The Labute approximate surface area is 761 Å². The van der Waals surface area contributed by atoms with Crippen LogP contribution in [-0.4, -0.2) is 142 Å². The van der Waals surface area contributed by atoms with E-state index in [1.165, 1.54) is 108 Å². The number of hydrogen-bond acceptors (Lipinski definition) is 21. The average molecular weight is 2000 g/mol. The SMILES string of the molecule is CC(=O)C(=O)c1cc(C)ccc1C.CC(=O)C(O)c1cc(C)ccc1C.CC(=O)Cc1cc(C)ccc1C.CC(=O)Cc1cc(C)ccc1C.CC(=O)Cn1nc(Br)nc1Br.CC(=O)Cn1nc(C(F)(F)F)cc1C.CC(=O)Cn1nc(C(F)(F)F)cc1C.CC(=O)Cn1nc(C(F)(F)F)cc1Cl.CC(=O)Cn1nc(C(F)(F)F)nc1C.CC(=O)Cn1nc(Cl)nc1Cl. The molecule has 44 heteroatoms. The Bertz CT molecular complexity index is 5130. The molecule has 0 saturated heterocycles. The molecule has 1 atom stereocenters. The molecule has 0 fully saturated rings. The summed E-state index contributed by atoms with van der Waals surface area (Å²) in [5, 5.41) is 30.0. The molecule has 4 aromatic carbocycles. The lowest BCUT2D eigenvalue weighted by molar-refractivity contribution is -0.145. The van der Waals surface area contributed by atoms with Crippen LogP contribution in [0.15, 0.2) is 100 Å². The van der Waals surface area contributed by atoms with Crippen LogP contribution < -0.4 is 0 Å². The number of nitrogens with zero attached hydrogens (tertiary/aromatic N) is 15. The van der Waals surface area contributed by atoms with Crippen LogP contribution in [0.5, 0.6) is 0 Å². The Morgan fingerprint density at radius 1 is 0.375 bits per heavy atom. The van der Waals surface area contributed by atoms with Crippen LogP contribution in [0.1, 0.15) is 187 Å². The van der Waals surface area contributed by atoms with Crippen molar-refractivity contribution in [3.05, 3.63) is 223 Å². The lowest BCUT2D eigenvalue weighted by Gasteiger charge is -2.11. The second kappa shape index (κ2) is 52.7. The Morgan fingerprint density at radius 3 is 1.05 bits per heavy atom. The van der Waals surface area contributed by atoms with Crippen molar-refractivity contribution >= 4 is 130 Å². The van der Waals surface area contributed by atoms with Gasteiger partial charge in [0.05, 0.1) is 13.1 Å². The highest BCUT2D eigenvalue weighted by molar-refractivity contribution is 9.11. The Kier molecular flexibility index (Phi) is 47.4. The van der Waals surface area contributed by atoms with E-state index >= 15 is 0 Å². The molecule has 128 heavy (non-hydrogen) atoms. The first-order valence-corrected chi connectivity index (χ1v) is 40.4. The molecule has 1 N–H and O–H groups in total. The van der Waals surface area contributed by atoms with Gasteiger partial charge in [0.25, 0.3) is 5.82 Å². The molecule has 0 saturated carbocycles. The van der Waals surface area contributed by atoms with Crippen molar-refractivity contribution in [2.24, 2.45) is 0 Å². The Hall–Kier alpha value is -10.8. The third kappa shape index (κ3) is 43.8. The van der Waals surface area contributed by atoms with Gasteiger partial charge in [-0.15, -0.1) is 15.3 Å². The molecule has 10 rings (SSSR count). The van der Waals surface area contributed by atoms with Crippen LogP contribution in [0.25, 0.3) is 0 Å². The lowest BCUT2D eigenvalue weighted by atomic mass is 9.99. The Morgan fingerprint density at radius 2 is 0.727 bits per heavy atom. The number of rotatable bonds is 20. The van der Waals surface area contributed by atoms with Gasteiger partial charge in [-0.05, 0) is 251 Å². The van der Waals surface area contributed by atoms with Crippen LogP contribution in [-0.2, 0) is 125 Å². The van der Waals surface area contributed by atoms with Gasteiger partial charge in [-0.1, -0.05) is 101 Å². The van der Waals surface area contributed by atoms with Gasteiger partial charge in [-0.25, -0.2) is 23.7 Å². The number of alkyl halides is 12. The largest absolute Gasteiger partial charge is 0.453 e. The van der Waals surface area contributed by atoms with E-state index in [2.05, 4.69) is 114 Å². The number of aliphatic hydroxyl groups is 1. The van der Waals surface area contributed by atoms with Crippen LogP contribution in [0, 0.1) is 76.2 Å². The number of carbonyl (C=O) groups excluding carboxylic acids is 11. The molecule has 0 bridgehead atoms. The number of carbonyl (C=O) groups is 11. The summed E-state index contributed by atoms with van der Waals surface area (Å²) in [5.41, 5.74) is 9.89. The number of benzene rings is 4. The molecule has 0 aliphatic rings. The minimum absolute atomic E-state index is 0.0445. The highest BCUT2D eigenvalue weighted by atomic mass is 79.9. The third-order valence-corrected chi connectivity index (χ3v) is 17.7. The second-order valence-corrected chi connectivity index (χ2v) is 31.3. The lowest BCUT2D eigenvalue weighted by Crippen LogP contribution is -2.12. The maximum absolute atomic E-state index is 12.2. The summed E-state index contributed by atoms with van der Waals surface area (Å²) in [4.78, 5) is 130. The van der Waals surface area contributed by atoms with E-state index in [0.717, 1.165) is 64.2 Å². The van der Waals surface area contributed by atoms with E-state index in [0.29, 0.717) is 50.9 Å². The minimum Gasteiger partial charge on any atom is -0.381 e. The summed E-state index contributed by atoms with van der Waals surface area (Å²) in [5.74, 6) is -2.76. The van der Waals surface area contributed by atoms with Crippen LogP contribution in [0.3, 0.4) is 0 Å². The summed E-state index contributed by atoms with van der Waals surface area (Å²) in [7, 11) is 0. The summed E-state index contributed by atoms with van der Waals surface area (Å²) in [6, 6.07) is 26.2. The van der Waals surface area contributed by atoms with E-state index in [-0.39, 0.29) is 113 Å². The molecule has 0 aliphatic carbocycles. The van der Waals surface area contributed by atoms with Gasteiger partial charge in [-0.3, -0.25) is 62.1 Å². The van der Waals surface area contributed by atoms with Crippen LogP contribution >= 0.6 is 66.7 Å². The van der Waals surface area contributed by atoms with Gasteiger partial charge in [-0.2, -0.15) is 77.9 Å². The zero-order chi connectivity index (χ0) is 98.9. The predicted octanol–water partition coefficient (Wildman–Crippen LogP) is 18.4. The summed E-state index contributed by atoms with van der Waals surface area (Å²) in [6.45, 7) is 33.7. The molecule has 698 valence electrons. The molecule has 0 aliphatic heterocycles. The van der Waals surface area contributed by atoms with Crippen molar-refractivity contribution in [2.45, 2.75) is 228 Å². The summed E-state index contributed by atoms with van der Waals surface area (Å²) in [6.07, 6.45) is -17.8. The van der Waals surface area contributed by atoms with Crippen molar-refractivity contribution in [2.75, 3.05) is 0 Å². The Balaban J connectivity index is 0.000000712. The molecule has 0 amide bonds. The van der Waals surface area contributed by atoms with Gasteiger partial charge in [0.2, 0.25) is 21.1 Å². The zero-order valence-corrected chi connectivity index (χ0v) is 78.9. The monoisotopic (exact) mass is 2000 g/mol. The van der Waals surface area contributed by atoms with Gasteiger partial charge in [0, 0.05) is 42.8 Å². The number of aliphatic hydroxyl groups excluding tert-OH is 1. The molecule has 6 heterocycles. The second-order valence-electron chi connectivity index (χ2n) is 28.8. The number of halogens is 17. The first-order chi connectivity index (χ1) is 58.6. The van der Waals surface area contributed by atoms with Crippen molar-refractivity contribution in [1.82, 2.24) is 73.6 Å². The topological polar surface area (TPSA) is 354 Å². The molecule has 27 nitrogen and oxygen atoms in total. The van der Waals surface area contributed by atoms with Crippen molar-refractivity contribution in [3.63, 3.8) is 0 Å². The standard InChI is InChI=1S/C11H14O2.C11H12O2.2C11H14O.2C8H9F3N2O.C7H6ClF3N2O.C7H8F3N3O.C5H5Br2N3O.C5H5Cl2N3O/c2*1-7-4-5-8(2)10(6-7)11(13)9(3)12;2*1-8-4-5-9(2)11(6-8)7-10(3)12;2*1-5-3-7(8(9,10)11)12-13(5)4-6(2)14;1-4(14)3-13-6(8)2-5(12-13)7(9,10)11;1-4(14)3-13-5(2)11-6(12-13)7(8,9)10;2*1-3(11)2-10-5(7)8-4(6)9-10/h4-6,11,13H,1-3H3;4-6H,1-3H3;2*4-6H,7H2,1-3H3;2*3H,4H2,1-2H3;2H,3H2,1H3;3H2,1-2H3;2*2H2,1H3. The molecule has 1 unspecified atom stereocenters. The number of aromatic nitrogens is 15. The number of aryl methyl sites for hydroxylation is 11. The fourth-order valence-electron chi connectivity index (χ4n) is 9.97. The predicted molar refractivity (Wildman–Crippen MR) is 459 cm³/mol. The van der Waals surface area contributed by atoms with Crippen molar-refractivity contribution in [1.29, 1.82) is 0 Å². The minimum atomic E-state index is -4.56. The molecule has 6 aromatic heterocycles. The highest BCUT2D eigenvalue weighted by Crippen LogP contribution is 2.32. The average Bonchev–Trinajstić information content (AvgIpc) is 1.66. The normalized spacial score (nSPS) is 11.0. The molecule has 0 radical (unpaired) electrons. The third-order valence-electron chi connectivity index (χ3n) is 16.1. The fourth-order valence-corrected chi connectivity index (χ4v) is 11.5. The number of hydrogen-bond donors (Lipinski definition) is 1. The van der Waals surface area contributed by atoms with E-state index in [9.17, 15) is 111 Å². The summed E-state index contributed by atoms with van der Waals surface area (Å²) >= 11 is 22.6. The van der Waals surface area contributed by atoms with Gasteiger partial charge in [0.15, 0.2) is 68.1 Å². The first kappa shape index (κ1) is 115. The van der Waals surface area contributed by atoms with E-state index < -0.39 is 65.3 Å². The van der Waals surface area contributed by atoms with E-state index in [1.807, 2.05) is 85.7 Å². The van der Waals surface area contributed by atoms with Gasteiger partial charge in [0.1, 0.15) is 54.8 Å². The van der Waals surface area contributed by atoms with E-state index in [1.54, 1.807) is 19.9 Å². The van der Waals surface area contributed by atoms with Crippen LogP contribution in [0.4, 0.5) is 52.7 Å². The molecular formula is C84H96Br2Cl3F12N15O12. The quantitative estimate of drug-likeness (QED) is 0.0421. The highest BCUT2D eigenvalue weighted by Gasteiger charge is 2.38. The molecule has 10 aromatic rings. The number of ketones is 11. The molecular weight excluding hydrogens is 1910 g/mol. The van der Waals surface area contributed by atoms with E-state index in [4.69, 9.17) is 34.8 Å². The van der Waals surface area contributed by atoms with Gasteiger partial charge >= 0.3 is 24.7 Å². The van der Waals surface area contributed by atoms with Gasteiger partial charge < -0.3 is 5.11 Å². The molecule has 0 spiro atoms.